The number of rotatable bonds is 7. The monoisotopic (exact) mass is 572 g/mol. The van der Waals surface area contributed by atoms with E-state index >= 15 is 0 Å². The van der Waals surface area contributed by atoms with E-state index in [2.05, 4.69) is 20.6 Å². The van der Waals surface area contributed by atoms with E-state index in [4.69, 9.17) is 11.6 Å². The minimum atomic E-state index is -0.277. The maximum absolute atomic E-state index is 13.7. The number of nitrogens with one attached hydrogen (secondary N) is 2. The van der Waals surface area contributed by atoms with Crippen LogP contribution in [-0.2, 0) is 6.54 Å². The summed E-state index contributed by atoms with van der Waals surface area (Å²) in [6, 6.07) is 12.9. The molecule has 2 N–H and O–H groups in total. The summed E-state index contributed by atoms with van der Waals surface area (Å²) in [4.78, 5) is 47.6. The van der Waals surface area contributed by atoms with Crippen LogP contribution in [0.25, 0.3) is 16.7 Å². The van der Waals surface area contributed by atoms with Gasteiger partial charge in [0, 0.05) is 31.7 Å². The van der Waals surface area contributed by atoms with E-state index in [1.165, 1.54) is 6.42 Å². The first-order valence-electron chi connectivity index (χ1n) is 14.3. The first kappa shape index (κ1) is 27.2. The number of hydrogen-bond acceptors (Lipinski definition) is 5. The second-order valence-electron chi connectivity index (χ2n) is 11.1. The Hall–Kier alpha value is -3.98. The van der Waals surface area contributed by atoms with Crippen molar-refractivity contribution >= 4 is 34.4 Å². The molecule has 2 amide bonds. The summed E-state index contributed by atoms with van der Waals surface area (Å²) in [6.45, 7) is 0.598. The maximum Gasteiger partial charge on any atom is 0.333 e. The number of amides is 2. The number of carbonyl (C=O) groups excluding carboxylic acids is 2. The van der Waals surface area contributed by atoms with E-state index in [0.29, 0.717) is 40.3 Å². The van der Waals surface area contributed by atoms with Crippen LogP contribution in [0.5, 0.6) is 0 Å². The van der Waals surface area contributed by atoms with Crippen LogP contribution >= 0.6 is 11.6 Å². The standard InChI is InChI=1S/C31H33ClN6O3/c1-33-30(40)25-14-13-23(17-34-25)38-27-8-3-2-7-26(27)37(31(38)41)18-19-9-11-22(12-10-19)36-29(39)24-15-21(32)16-35-28(24)20-5-4-6-20/h2-3,7-8,13-17,19-20,22H,4-6,9-12,18H2,1H3,(H,33,40)(H,36,39)/t19-,22-. The number of halogens is 1. The third kappa shape index (κ3) is 5.38. The predicted molar refractivity (Wildman–Crippen MR) is 158 cm³/mol. The van der Waals surface area contributed by atoms with Crippen molar-refractivity contribution in [3.05, 3.63) is 87.3 Å². The summed E-state index contributed by atoms with van der Waals surface area (Å²) in [5.41, 5.74) is 3.89. The van der Waals surface area contributed by atoms with E-state index in [0.717, 1.165) is 55.3 Å². The van der Waals surface area contributed by atoms with Crippen molar-refractivity contribution in [1.82, 2.24) is 29.7 Å². The molecule has 2 saturated carbocycles. The summed E-state index contributed by atoms with van der Waals surface area (Å²) in [5.74, 6) is 0.280. The number of para-hydroxylation sites is 2. The molecular weight excluding hydrogens is 540 g/mol. The fourth-order valence-corrected chi connectivity index (χ4v) is 6.22. The van der Waals surface area contributed by atoms with Crippen LogP contribution in [0.3, 0.4) is 0 Å². The van der Waals surface area contributed by atoms with E-state index in [9.17, 15) is 14.4 Å². The lowest BCUT2D eigenvalue weighted by Crippen LogP contribution is -2.39. The molecule has 0 saturated heterocycles. The Morgan fingerprint density at radius 3 is 2.37 bits per heavy atom. The Kier molecular flexibility index (Phi) is 7.62. The van der Waals surface area contributed by atoms with Crippen molar-refractivity contribution in [1.29, 1.82) is 0 Å². The van der Waals surface area contributed by atoms with Gasteiger partial charge in [-0.1, -0.05) is 30.2 Å². The highest BCUT2D eigenvalue weighted by Crippen LogP contribution is 2.37. The minimum absolute atomic E-state index is 0.0787. The molecule has 3 heterocycles. The summed E-state index contributed by atoms with van der Waals surface area (Å²) in [5, 5.41) is 6.27. The summed E-state index contributed by atoms with van der Waals surface area (Å²) in [6.07, 6.45) is 9.99. The van der Waals surface area contributed by atoms with Gasteiger partial charge in [0.2, 0.25) is 0 Å². The molecule has 3 aromatic heterocycles. The van der Waals surface area contributed by atoms with Gasteiger partial charge in [0.15, 0.2) is 0 Å². The summed E-state index contributed by atoms with van der Waals surface area (Å²) >= 11 is 6.19. The quantitative estimate of drug-likeness (QED) is 0.329. The van der Waals surface area contributed by atoms with Crippen molar-refractivity contribution < 1.29 is 9.59 Å². The van der Waals surface area contributed by atoms with Gasteiger partial charge < -0.3 is 10.6 Å². The van der Waals surface area contributed by atoms with Crippen LogP contribution in [0.2, 0.25) is 5.02 Å². The number of nitrogens with zero attached hydrogens (tertiary/aromatic N) is 4. The number of pyridine rings is 2. The van der Waals surface area contributed by atoms with Crippen molar-refractivity contribution in [3.8, 4) is 5.69 Å². The molecule has 0 spiro atoms. The molecule has 4 aromatic rings. The third-order valence-electron chi connectivity index (χ3n) is 8.55. The molecule has 2 aliphatic carbocycles. The first-order chi connectivity index (χ1) is 19.9. The number of hydrogen-bond donors (Lipinski definition) is 2. The van der Waals surface area contributed by atoms with E-state index < -0.39 is 0 Å². The van der Waals surface area contributed by atoms with Crippen LogP contribution in [-0.4, -0.2) is 44.0 Å². The van der Waals surface area contributed by atoms with Crippen LogP contribution in [0.4, 0.5) is 0 Å². The SMILES string of the molecule is CNC(=O)c1ccc(-n2c(=O)n(C[C@H]3CC[C@H](NC(=O)c4cc(Cl)cnc4C4CCC4)CC3)c3ccccc32)cn1. The molecule has 6 rings (SSSR count). The largest absolute Gasteiger partial charge is 0.354 e. The van der Waals surface area contributed by atoms with E-state index in [1.54, 1.807) is 42.2 Å². The molecule has 0 atom stereocenters. The highest BCUT2D eigenvalue weighted by Gasteiger charge is 2.29. The van der Waals surface area contributed by atoms with Gasteiger partial charge >= 0.3 is 5.69 Å². The first-order valence-corrected chi connectivity index (χ1v) is 14.7. The highest BCUT2D eigenvalue weighted by molar-refractivity contribution is 6.30. The Morgan fingerprint density at radius 2 is 1.71 bits per heavy atom. The van der Waals surface area contributed by atoms with Gasteiger partial charge in [-0.2, -0.15) is 0 Å². The molecule has 2 fully saturated rings. The second-order valence-corrected chi connectivity index (χ2v) is 11.5. The fraction of sp³-hybridized carbons (Fsp3) is 0.387. The third-order valence-corrected chi connectivity index (χ3v) is 8.75. The minimum Gasteiger partial charge on any atom is -0.354 e. The number of imidazole rings is 1. The number of benzene rings is 1. The van der Waals surface area contributed by atoms with Crippen LogP contribution in [0.1, 0.15) is 77.4 Å². The molecule has 9 nitrogen and oxygen atoms in total. The van der Waals surface area contributed by atoms with Crippen molar-refractivity contribution in [2.45, 2.75) is 63.5 Å². The summed E-state index contributed by atoms with van der Waals surface area (Å²) in [7, 11) is 1.56. The van der Waals surface area contributed by atoms with Crippen molar-refractivity contribution in [3.63, 3.8) is 0 Å². The lowest BCUT2D eigenvalue weighted by Gasteiger charge is -2.30. The topological polar surface area (TPSA) is 111 Å². The Bertz CT molecular complexity index is 1650. The van der Waals surface area contributed by atoms with Gasteiger partial charge in [0.05, 0.1) is 39.2 Å². The van der Waals surface area contributed by atoms with Gasteiger partial charge in [-0.05, 0) is 74.8 Å². The molecule has 0 aliphatic heterocycles. The molecule has 0 bridgehead atoms. The average Bonchev–Trinajstić information content (AvgIpc) is 3.24. The highest BCUT2D eigenvalue weighted by atomic mass is 35.5. The smallest absolute Gasteiger partial charge is 0.333 e. The van der Waals surface area contributed by atoms with Gasteiger partial charge in [0.25, 0.3) is 11.8 Å². The molecule has 212 valence electrons. The lowest BCUT2D eigenvalue weighted by atomic mass is 9.80. The predicted octanol–water partition coefficient (Wildman–Crippen LogP) is 4.85. The fourth-order valence-electron chi connectivity index (χ4n) is 6.06. The number of aromatic nitrogens is 4. The Labute approximate surface area is 243 Å². The van der Waals surface area contributed by atoms with E-state index in [-0.39, 0.29) is 23.5 Å². The Morgan fingerprint density at radius 1 is 0.951 bits per heavy atom. The summed E-state index contributed by atoms with van der Waals surface area (Å²) < 4.78 is 3.49. The van der Waals surface area contributed by atoms with Crippen molar-refractivity contribution in [2.24, 2.45) is 5.92 Å². The second kappa shape index (κ2) is 11.5. The molecule has 41 heavy (non-hydrogen) atoms. The Balaban J connectivity index is 1.15. The van der Waals surface area contributed by atoms with Gasteiger partial charge in [-0.15, -0.1) is 0 Å². The molecule has 10 heteroatoms. The normalized spacial score (nSPS) is 19.1. The lowest BCUT2D eigenvalue weighted by molar-refractivity contribution is 0.0916. The number of fused-ring (bicyclic) bond motifs is 1. The van der Waals surface area contributed by atoms with Gasteiger partial charge in [0.1, 0.15) is 5.69 Å². The molecule has 0 unspecified atom stereocenters. The zero-order valence-corrected chi connectivity index (χ0v) is 23.7. The van der Waals surface area contributed by atoms with Crippen LogP contribution in [0.15, 0.2) is 59.7 Å². The molecule has 2 aliphatic rings. The molecule has 1 aromatic carbocycles. The zero-order chi connectivity index (χ0) is 28.5. The zero-order valence-electron chi connectivity index (χ0n) is 23.0. The van der Waals surface area contributed by atoms with Crippen molar-refractivity contribution in [2.75, 3.05) is 7.05 Å². The number of carbonyl (C=O) groups is 2. The van der Waals surface area contributed by atoms with Gasteiger partial charge in [-0.25, -0.2) is 9.78 Å². The van der Waals surface area contributed by atoms with Crippen LogP contribution < -0.4 is 16.3 Å². The van der Waals surface area contributed by atoms with Gasteiger partial charge in [-0.3, -0.25) is 23.7 Å². The molecular formula is C31H33ClN6O3. The van der Waals surface area contributed by atoms with E-state index in [1.807, 2.05) is 28.8 Å². The average molecular weight is 573 g/mol. The van der Waals surface area contributed by atoms with Crippen LogP contribution in [0, 0.1) is 5.92 Å². The maximum atomic E-state index is 13.7. The molecule has 0 radical (unpaired) electrons.